The quantitative estimate of drug-likeness (QED) is 0.233. The second kappa shape index (κ2) is 10.9. The van der Waals surface area contributed by atoms with Crippen LogP contribution in [0.1, 0.15) is 0 Å². The van der Waals surface area contributed by atoms with E-state index >= 15 is 0 Å². The van der Waals surface area contributed by atoms with Crippen molar-refractivity contribution < 1.29 is 0 Å². The van der Waals surface area contributed by atoms with Crippen LogP contribution in [0.2, 0.25) is 0 Å². The zero-order chi connectivity index (χ0) is 25.6. The van der Waals surface area contributed by atoms with Crippen LogP contribution < -0.4 is 10.6 Å². The second-order valence-corrected chi connectivity index (χ2v) is 9.31. The maximum absolute atomic E-state index is 3.66. The smallest absolute Gasteiger partial charge is 0.0411 e. The van der Waals surface area contributed by atoms with Crippen LogP contribution in [0.3, 0.4) is 0 Å². The van der Waals surface area contributed by atoms with Gasteiger partial charge in [0, 0.05) is 22.7 Å². The molecule has 0 aliphatic carbocycles. The first-order valence-electron chi connectivity index (χ1n) is 12.9. The number of para-hydroxylation sites is 1. The highest BCUT2D eigenvalue weighted by Gasteiger charge is 2.08. The van der Waals surface area contributed by atoms with Gasteiger partial charge in [-0.2, -0.15) is 0 Å². The molecule has 0 saturated heterocycles. The lowest BCUT2D eigenvalue weighted by molar-refractivity contribution is 1.50. The summed E-state index contributed by atoms with van der Waals surface area (Å²) in [6.45, 7) is 0. The lowest BCUT2D eigenvalue weighted by Crippen LogP contribution is -1.96. The number of benzene rings is 6. The Kier molecular flexibility index (Phi) is 6.69. The fourth-order valence-corrected chi connectivity index (χ4v) is 4.71. The van der Waals surface area contributed by atoms with E-state index in [1.165, 1.54) is 27.8 Å². The molecule has 2 nitrogen and oxygen atoms in total. The van der Waals surface area contributed by atoms with Crippen molar-refractivity contribution in [1.82, 2.24) is 0 Å². The largest absolute Gasteiger partial charge is 0.355 e. The molecule has 0 aliphatic heterocycles. The van der Waals surface area contributed by atoms with Gasteiger partial charge in [-0.25, -0.2) is 0 Å². The van der Waals surface area contributed by atoms with Crippen molar-refractivity contribution in [1.29, 1.82) is 0 Å². The van der Waals surface area contributed by atoms with Crippen LogP contribution in [-0.2, 0) is 0 Å². The van der Waals surface area contributed by atoms with Gasteiger partial charge in [-0.1, -0.05) is 109 Å². The first-order valence-corrected chi connectivity index (χ1v) is 12.9. The molecule has 0 unspecified atom stereocenters. The molecule has 38 heavy (non-hydrogen) atoms. The standard InChI is InChI=1S/C36H28N2/c1-4-12-27(13-5-1)29-16-10-17-30(22-29)32-24-35(37-33-19-8-3-9-20-33)26-36(25-32)38-34-21-11-18-31(23-34)28-14-6-2-7-15-28/h1-26,37-38H. The van der Waals surface area contributed by atoms with Crippen molar-refractivity contribution in [3.8, 4) is 33.4 Å². The van der Waals surface area contributed by atoms with E-state index in [1.54, 1.807) is 0 Å². The average Bonchev–Trinajstić information content (AvgIpc) is 2.99. The zero-order valence-corrected chi connectivity index (χ0v) is 21.0. The van der Waals surface area contributed by atoms with Gasteiger partial charge in [-0.15, -0.1) is 0 Å². The Labute approximate surface area is 224 Å². The third-order valence-corrected chi connectivity index (χ3v) is 6.56. The van der Waals surface area contributed by atoms with E-state index in [2.05, 4.69) is 144 Å². The molecule has 0 spiro atoms. The van der Waals surface area contributed by atoms with Crippen molar-refractivity contribution in [3.63, 3.8) is 0 Å². The SMILES string of the molecule is c1ccc(Nc2cc(Nc3cccc(-c4ccccc4)c3)cc(-c3cccc(-c4ccccc4)c3)c2)cc1. The second-order valence-electron chi connectivity index (χ2n) is 9.31. The van der Waals surface area contributed by atoms with Crippen LogP contribution in [0.25, 0.3) is 33.4 Å². The fourth-order valence-electron chi connectivity index (χ4n) is 4.71. The molecule has 0 aliphatic rings. The van der Waals surface area contributed by atoms with E-state index in [0.717, 1.165) is 28.3 Å². The molecule has 0 heterocycles. The minimum atomic E-state index is 1.02. The summed E-state index contributed by atoms with van der Waals surface area (Å²) in [6.07, 6.45) is 0. The fraction of sp³-hybridized carbons (Fsp3) is 0. The monoisotopic (exact) mass is 488 g/mol. The van der Waals surface area contributed by atoms with Gasteiger partial charge in [0.25, 0.3) is 0 Å². The molecule has 0 atom stereocenters. The van der Waals surface area contributed by atoms with Crippen molar-refractivity contribution in [2.45, 2.75) is 0 Å². The van der Waals surface area contributed by atoms with Crippen molar-refractivity contribution in [2.75, 3.05) is 10.6 Å². The van der Waals surface area contributed by atoms with E-state index in [4.69, 9.17) is 0 Å². The van der Waals surface area contributed by atoms with Crippen molar-refractivity contribution in [3.05, 3.63) is 158 Å². The molecule has 6 aromatic rings. The van der Waals surface area contributed by atoms with Crippen LogP contribution in [-0.4, -0.2) is 0 Å². The maximum atomic E-state index is 3.66. The number of hydrogen-bond donors (Lipinski definition) is 2. The Bertz CT molecular complexity index is 1640. The summed E-state index contributed by atoms with van der Waals surface area (Å²) in [6, 6.07) is 55.2. The Morgan fingerprint density at radius 2 is 0.632 bits per heavy atom. The number of hydrogen-bond acceptors (Lipinski definition) is 2. The molecule has 6 aromatic carbocycles. The normalized spacial score (nSPS) is 10.6. The highest BCUT2D eigenvalue weighted by Crippen LogP contribution is 2.33. The Balaban J connectivity index is 1.38. The molecule has 0 amide bonds. The minimum Gasteiger partial charge on any atom is -0.355 e. The van der Waals surface area contributed by atoms with Gasteiger partial charge >= 0.3 is 0 Å². The average molecular weight is 489 g/mol. The summed E-state index contributed by atoms with van der Waals surface area (Å²) < 4.78 is 0. The molecular formula is C36H28N2. The van der Waals surface area contributed by atoms with Gasteiger partial charge in [0.15, 0.2) is 0 Å². The van der Waals surface area contributed by atoms with Crippen molar-refractivity contribution >= 4 is 22.7 Å². The summed E-state index contributed by atoms with van der Waals surface area (Å²) >= 11 is 0. The maximum Gasteiger partial charge on any atom is 0.0411 e. The first kappa shape index (κ1) is 23.3. The molecular weight excluding hydrogens is 460 g/mol. The van der Waals surface area contributed by atoms with E-state index in [-0.39, 0.29) is 0 Å². The van der Waals surface area contributed by atoms with Gasteiger partial charge in [-0.3, -0.25) is 0 Å². The summed E-state index contributed by atoms with van der Waals surface area (Å²) in [4.78, 5) is 0. The van der Waals surface area contributed by atoms with E-state index in [1.807, 2.05) is 24.3 Å². The van der Waals surface area contributed by atoms with E-state index in [0.29, 0.717) is 0 Å². The van der Waals surface area contributed by atoms with E-state index < -0.39 is 0 Å². The molecule has 0 radical (unpaired) electrons. The molecule has 2 heteroatoms. The molecule has 6 rings (SSSR count). The number of nitrogens with one attached hydrogen (secondary N) is 2. The van der Waals surface area contributed by atoms with Crippen molar-refractivity contribution in [2.24, 2.45) is 0 Å². The minimum absolute atomic E-state index is 1.02. The number of rotatable bonds is 7. The van der Waals surface area contributed by atoms with Gasteiger partial charge in [0.1, 0.15) is 0 Å². The van der Waals surface area contributed by atoms with Gasteiger partial charge in [-0.05, 0) is 81.9 Å². The topological polar surface area (TPSA) is 24.1 Å². The highest BCUT2D eigenvalue weighted by atomic mass is 14.9. The van der Waals surface area contributed by atoms with Crippen LogP contribution in [0.5, 0.6) is 0 Å². The third kappa shape index (κ3) is 5.50. The van der Waals surface area contributed by atoms with Crippen LogP contribution >= 0.6 is 0 Å². The lowest BCUT2D eigenvalue weighted by Gasteiger charge is -2.15. The summed E-state index contributed by atoms with van der Waals surface area (Å²) in [7, 11) is 0. The predicted molar refractivity (Wildman–Crippen MR) is 162 cm³/mol. The molecule has 182 valence electrons. The van der Waals surface area contributed by atoms with Gasteiger partial charge in [0.05, 0.1) is 0 Å². The van der Waals surface area contributed by atoms with Crippen LogP contribution in [0, 0.1) is 0 Å². The van der Waals surface area contributed by atoms with Gasteiger partial charge in [0.2, 0.25) is 0 Å². The van der Waals surface area contributed by atoms with Crippen LogP contribution in [0.4, 0.5) is 22.7 Å². The summed E-state index contributed by atoms with van der Waals surface area (Å²) in [5, 5.41) is 7.24. The molecule has 0 fully saturated rings. The van der Waals surface area contributed by atoms with E-state index in [9.17, 15) is 0 Å². The lowest BCUT2D eigenvalue weighted by atomic mass is 9.98. The first-order chi connectivity index (χ1) is 18.8. The number of anilines is 4. The molecule has 0 bridgehead atoms. The molecule has 0 saturated carbocycles. The molecule has 0 aromatic heterocycles. The third-order valence-electron chi connectivity index (χ3n) is 6.56. The Morgan fingerprint density at radius 3 is 1.24 bits per heavy atom. The van der Waals surface area contributed by atoms with Gasteiger partial charge < -0.3 is 10.6 Å². The predicted octanol–water partition coefficient (Wildman–Crippen LogP) is 10.2. The molecule has 2 N–H and O–H groups in total. The zero-order valence-electron chi connectivity index (χ0n) is 21.0. The summed E-state index contributed by atoms with van der Waals surface area (Å²) in [5.74, 6) is 0. The highest BCUT2D eigenvalue weighted by molar-refractivity contribution is 5.81. The Hall–Kier alpha value is -5.08. The van der Waals surface area contributed by atoms with Crippen LogP contribution in [0.15, 0.2) is 158 Å². The summed E-state index contributed by atoms with van der Waals surface area (Å²) in [5.41, 5.74) is 11.3. The Morgan fingerprint density at radius 1 is 0.237 bits per heavy atom.